The Hall–Kier alpha value is -1.03. The Balaban J connectivity index is 3.50. The lowest BCUT2D eigenvalue weighted by molar-refractivity contribution is 0.586. The van der Waals surface area contributed by atoms with Crippen molar-refractivity contribution in [2.24, 2.45) is 0 Å². The Kier molecular flexibility index (Phi) is 18.2. The van der Waals surface area contributed by atoms with Crippen molar-refractivity contribution < 1.29 is 0 Å². The lowest BCUT2D eigenvalue weighted by Gasteiger charge is -2.03. The zero-order valence-corrected chi connectivity index (χ0v) is 15.7. The molecule has 0 bridgehead atoms. The third-order valence-electron chi connectivity index (χ3n) is 4.28. The van der Waals surface area contributed by atoms with Crippen molar-refractivity contribution in [3.05, 3.63) is 35.7 Å². The van der Waals surface area contributed by atoms with Gasteiger partial charge in [0.25, 0.3) is 0 Å². The predicted molar refractivity (Wildman–Crippen MR) is 105 cm³/mol. The molecule has 0 saturated carbocycles. The van der Waals surface area contributed by atoms with Crippen molar-refractivity contribution >= 4 is 0 Å². The molecule has 0 unspecified atom stereocenters. The van der Waals surface area contributed by atoms with Gasteiger partial charge >= 0.3 is 0 Å². The Morgan fingerprint density at radius 1 is 0.652 bits per heavy atom. The molecule has 132 valence electrons. The molecule has 0 aliphatic heterocycles. The van der Waals surface area contributed by atoms with E-state index in [0.29, 0.717) is 0 Å². The van der Waals surface area contributed by atoms with Crippen LogP contribution in [0.25, 0.3) is 4.85 Å². The minimum atomic E-state index is 0.247. The summed E-state index contributed by atoms with van der Waals surface area (Å²) in [7, 11) is 0. The number of hydrogen-bond donors (Lipinski definition) is 0. The molecule has 0 rings (SSSR count). The molecule has 23 heavy (non-hydrogen) atoms. The molecule has 0 saturated heterocycles. The van der Waals surface area contributed by atoms with Crippen LogP contribution in [0.3, 0.4) is 0 Å². The first-order valence-electron chi connectivity index (χ1n) is 10.0. The Bertz CT molecular complexity index is 295. The van der Waals surface area contributed by atoms with Gasteiger partial charge in [-0.1, -0.05) is 63.8 Å². The summed E-state index contributed by atoms with van der Waals surface area (Å²) in [5, 5.41) is 0. The number of unbranched alkanes of at least 4 members (excludes halogenated alkanes) is 8. The van der Waals surface area contributed by atoms with Crippen LogP contribution in [0.15, 0.2) is 24.3 Å². The molecule has 0 aromatic carbocycles. The first-order valence-corrected chi connectivity index (χ1v) is 10.0. The highest BCUT2D eigenvalue weighted by Crippen LogP contribution is 2.13. The normalized spacial score (nSPS) is 11.7. The second-order valence-electron chi connectivity index (χ2n) is 6.58. The monoisotopic (exact) mass is 317 g/mol. The van der Waals surface area contributed by atoms with Crippen LogP contribution in [0.4, 0.5) is 0 Å². The van der Waals surface area contributed by atoms with Crippen molar-refractivity contribution in [3.8, 4) is 0 Å². The first-order chi connectivity index (χ1) is 11.3. The van der Waals surface area contributed by atoms with Crippen LogP contribution in [-0.2, 0) is 0 Å². The molecular weight excluding hydrogens is 278 g/mol. The highest BCUT2D eigenvalue weighted by molar-refractivity contribution is 4.86. The molecule has 0 fully saturated rings. The average Bonchev–Trinajstić information content (AvgIpc) is 2.57. The first kappa shape index (κ1) is 22.0. The zero-order valence-electron chi connectivity index (χ0n) is 15.7. The fourth-order valence-corrected chi connectivity index (χ4v) is 2.71. The summed E-state index contributed by atoms with van der Waals surface area (Å²) in [5.41, 5.74) is 0. The summed E-state index contributed by atoms with van der Waals surface area (Å²) in [6.45, 7) is 11.8. The summed E-state index contributed by atoms with van der Waals surface area (Å²) >= 11 is 0. The number of rotatable bonds is 16. The van der Waals surface area contributed by atoms with E-state index in [0.717, 1.165) is 25.7 Å². The number of nitrogens with zero attached hydrogens (tertiary/aromatic N) is 1. The van der Waals surface area contributed by atoms with Gasteiger partial charge < -0.3 is 4.85 Å². The van der Waals surface area contributed by atoms with Crippen LogP contribution in [0, 0.1) is 6.57 Å². The third kappa shape index (κ3) is 17.2. The minimum Gasteiger partial charge on any atom is -0.314 e. The molecule has 0 atom stereocenters. The fraction of sp³-hybridized carbons (Fsp3) is 0.773. The zero-order chi connectivity index (χ0) is 17.0. The Morgan fingerprint density at radius 2 is 1.04 bits per heavy atom. The van der Waals surface area contributed by atoms with Crippen LogP contribution < -0.4 is 0 Å². The molecule has 0 heterocycles. The highest BCUT2D eigenvalue weighted by atomic mass is 14.7. The Morgan fingerprint density at radius 3 is 1.39 bits per heavy atom. The van der Waals surface area contributed by atoms with Crippen LogP contribution in [0.5, 0.6) is 0 Å². The fourth-order valence-electron chi connectivity index (χ4n) is 2.71. The molecule has 1 heteroatoms. The van der Waals surface area contributed by atoms with Crippen LogP contribution in [0.2, 0.25) is 0 Å². The maximum Gasteiger partial charge on any atom is 0.223 e. The third-order valence-corrected chi connectivity index (χ3v) is 4.28. The summed E-state index contributed by atoms with van der Waals surface area (Å²) in [5.74, 6) is 0. The molecule has 0 N–H and O–H groups in total. The second kappa shape index (κ2) is 19.0. The van der Waals surface area contributed by atoms with E-state index in [1.54, 1.807) is 0 Å². The largest absolute Gasteiger partial charge is 0.314 e. The summed E-state index contributed by atoms with van der Waals surface area (Å²) in [4.78, 5) is 3.81. The van der Waals surface area contributed by atoms with E-state index < -0.39 is 0 Å². The topological polar surface area (TPSA) is 4.36 Å². The van der Waals surface area contributed by atoms with Crippen molar-refractivity contribution in [3.63, 3.8) is 0 Å². The van der Waals surface area contributed by atoms with E-state index in [2.05, 4.69) is 43.0 Å². The standard InChI is InChI=1S/C22H39N/c1-4-6-8-10-12-14-16-18-20-22(23-3)21-19-17-15-13-11-9-7-5-2/h12-15,22H,4-11,16-21H2,1-2H3/b14-12-,15-13-. The van der Waals surface area contributed by atoms with Gasteiger partial charge in [0.05, 0.1) is 0 Å². The van der Waals surface area contributed by atoms with Crippen molar-refractivity contribution in [2.75, 3.05) is 0 Å². The van der Waals surface area contributed by atoms with Gasteiger partial charge in [-0.05, 0) is 51.4 Å². The second-order valence-corrected chi connectivity index (χ2v) is 6.58. The van der Waals surface area contributed by atoms with Gasteiger partial charge in [-0.2, -0.15) is 0 Å². The molecule has 0 aliphatic carbocycles. The molecule has 0 amide bonds. The molecule has 0 aromatic rings. The molecule has 1 nitrogen and oxygen atoms in total. The quantitative estimate of drug-likeness (QED) is 0.155. The summed E-state index contributed by atoms with van der Waals surface area (Å²) in [6, 6.07) is 0.247. The van der Waals surface area contributed by atoms with E-state index in [9.17, 15) is 0 Å². The minimum absolute atomic E-state index is 0.247. The molecule has 0 spiro atoms. The maximum absolute atomic E-state index is 7.33. The van der Waals surface area contributed by atoms with E-state index in [1.807, 2.05) is 0 Å². The van der Waals surface area contributed by atoms with E-state index in [-0.39, 0.29) is 6.04 Å². The SMILES string of the molecule is [C-]#[N+]C(CCC/C=C\CCCCC)CCC/C=C\CCCCC. The lowest BCUT2D eigenvalue weighted by Crippen LogP contribution is -2.01. The molecule has 0 aliphatic rings. The van der Waals surface area contributed by atoms with Gasteiger partial charge in [-0.25, -0.2) is 6.57 Å². The summed E-state index contributed by atoms with van der Waals surface area (Å²) in [6.07, 6.45) is 26.5. The van der Waals surface area contributed by atoms with Crippen molar-refractivity contribution in [1.29, 1.82) is 0 Å². The van der Waals surface area contributed by atoms with E-state index in [4.69, 9.17) is 6.57 Å². The predicted octanol–water partition coefficient (Wildman–Crippen LogP) is 7.89. The highest BCUT2D eigenvalue weighted by Gasteiger charge is 2.10. The number of hydrogen-bond acceptors (Lipinski definition) is 0. The van der Waals surface area contributed by atoms with Crippen molar-refractivity contribution in [2.45, 2.75) is 110 Å². The summed E-state index contributed by atoms with van der Waals surface area (Å²) < 4.78 is 0. The van der Waals surface area contributed by atoms with Gasteiger partial charge in [-0.15, -0.1) is 0 Å². The van der Waals surface area contributed by atoms with Gasteiger partial charge in [0.2, 0.25) is 6.04 Å². The van der Waals surface area contributed by atoms with Gasteiger partial charge in [0.1, 0.15) is 0 Å². The molecular formula is C22H39N. The average molecular weight is 318 g/mol. The molecule has 0 radical (unpaired) electrons. The van der Waals surface area contributed by atoms with Gasteiger partial charge in [-0.3, -0.25) is 0 Å². The van der Waals surface area contributed by atoms with Crippen molar-refractivity contribution in [1.82, 2.24) is 0 Å². The Labute approximate surface area is 146 Å². The van der Waals surface area contributed by atoms with Gasteiger partial charge in [0.15, 0.2) is 0 Å². The van der Waals surface area contributed by atoms with Crippen LogP contribution in [-0.4, -0.2) is 6.04 Å². The maximum atomic E-state index is 7.33. The van der Waals surface area contributed by atoms with Crippen LogP contribution in [0.1, 0.15) is 104 Å². The van der Waals surface area contributed by atoms with Gasteiger partial charge in [0, 0.05) is 12.8 Å². The van der Waals surface area contributed by atoms with E-state index >= 15 is 0 Å². The lowest BCUT2D eigenvalue weighted by atomic mass is 10.0. The van der Waals surface area contributed by atoms with E-state index in [1.165, 1.54) is 64.2 Å². The smallest absolute Gasteiger partial charge is 0.223 e. The molecule has 0 aromatic heterocycles. The van der Waals surface area contributed by atoms with Crippen LogP contribution >= 0.6 is 0 Å². The number of allylic oxidation sites excluding steroid dienone is 4.